The number of ketones is 1. The van der Waals surface area contributed by atoms with Crippen LogP contribution in [0.3, 0.4) is 0 Å². The third kappa shape index (κ3) is 3.72. The summed E-state index contributed by atoms with van der Waals surface area (Å²) in [5.74, 6) is 0.622. The van der Waals surface area contributed by atoms with Crippen LogP contribution < -0.4 is 9.75 Å². The van der Waals surface area contributed by atoms with E-state index in [1.165, 1.54) is 6.08 Å². The number of allylic oxidation sites excluding steroid dienone is 2. The molecule has 1 aliphatic heterocycles. The summed E-state index contributed by atoms with van der Waals surface area (Å²) < 4.78 is 5.32. The van der Waals surface area contributed by atoms with Crippen molar-refractivity contribution in [2.75, 3.05) is 26.2 Å². The second-order valence-electron chi connectivity index (χ2n) is 4.80. The normalized spacial score (nSPS) is 14.2. The molecule has 5 heteroatoms. The SMILES string of the molecule is COc1ccccc1N1C=CCC(C(=O)C=CN(C)C)=N1. The first-order valence-corrected chi connectivity index (χ1v) is 6.67. The van der Waals surface area contributed by atoms with Gasteiger partial charge in [-0.05, 0) is 12.1 Å². The first-order valence-electron chi connectivity index (χ1n) is 6.67. The second-order valence-corrected chi connectivity index (χ2v) is 4.80. The van der Waals surface area contributed by atoms with Gasteiger partial charge in [0.25, 0.3) is 0 Å². The summed E-state index contributed by atoms with van der Waals surface area (Å²) in [5, 5.41) is 6.07. The number of ether oxygens (including phenoxy) is 1. The molecule has 0 N–H and O–H groups in total. The van der Waals surface area contributed by atoms with E-state index in [1.54, 1.807) is 18.3 Å². The summed E-state index contributed by atoms with van der Waals surface area (Å²) in [5.41, 5.74) is 1.30. The fourth-order valence-corrected chi connectivity index (χ4v) is 1.88. The first-order chi connectivity index (χ1) is 10.1. The van der Waals surface area contributed by atoms with Gasteiger partial charge in [0.2, 0.25) is 5.78 Å². The van der Waals surface area contributed by atoms with Gasteiger partial charge in [0.1, 0.15) is 17.1 Å². The Morgan fingerprint density at radius 1 is 1.38 bits per heavy atom. The zero-order valence-electron chi connectivity index (χ0n) is 12.5. The van der Waals surface area contributed by atoms with Crippen molar-refractivity contribution in [1.82, 2.24) is 4.90 Å². The van der Waals surface area contributed by atoms with Gasteiger partial charge in [-0.25, -0.2) is 5.01 Å². The third-order valence-electron chi connectivity index (χ3n) is 2.93. The molecule has 0 atom stereocenters. The molecule has 110 valence electrons. The third-order valence-corrected chi connectivity index (χ3v) is 2.93. The molecule has 0 fully saturated rings. The van der Waals surface area contributed by atoms with E-state index in [-0.39, 0.29) is 5.78 Å². The fraction of sp³-hybridized carbons (Fsp3) is 0.250. The highest BCUT2D eigenvalue weighted by Gasteiger charge is 2.16. The molecular formula is C16H19N3O2. The Morgan fingerprint density at radius 2 is 2.14 bits per heavy atom. The van der Waals surface area contributed by atoms with E-state index in [9.17, 15) is 4.79 Å². The van der Waals surface area contributed by atoms with Gasteiger partial charge in [0.05, 0.1) is 7.11 Å². The Balaban J connectivity index is 2.24. The van der Waals surface area contributed by atoms with Gasteiger partial charge >= 0.3 is 0 Å². The zero-order valence-corrected chi connectivity index (χ0v) is 12.5. The van der Waals surface area contributed by atoms with Crippen molar-refractivity contribution in [2.24, 2.45) is 5.10 Å². The molecule has 0 saturated heterocycles. The highest BCUT2D eigenvalue weighted by molar-refractivity contribution is 6.44. The number of hydrogen-bond donors (Lipinski definition) is 0. The number of benzene rings is 1. The second kappa shape index (κ2) is 6.74. The van der Waals surface area contributed by atoms with Gasteiger partial charge in [-0.3, -0.25) is 4.79 Å². The van der Waals surface area contributed by atoms with E-state index in [0.29, 0.717) is 17.9 Å². The van der Waals surface area contributed by atoms with Gasteiger partial charge in [-0.15, -0.1) is 0 Å². The van der Waals surface area contributed by atoms with Crippen LogP contribution in [0.2, 0.25) is 0 Å². The van der Waals surface area contributed by atoms with Crippen LogP contribution in [-0.4, -0.2) is 37.6 Å². The van der Waals surface area contributed by atoms with Crippen LogP contribution in [0.5, 0.6) is 5.75 Å². The summed E-state index contributed by atoms with van der Waals surface area (Å²) in [6.07, 6.45) is 7.53. The van der Waals surface area contributed by atoms with Crippen molar-refractivity contribution in [3.8, 4) is 5.75 Å². The van der Waals surface area contributed by atoms with Gasteiger partial charge in [-0.1, -0.05) is 18.2 Å². The molecule has 0 spiro atoms. The molecule has 1 aromatic rings. The lowest BCUT2D eigenvalue weighted by molar-refractivity contribution is -0.109. The van der Waals surface area contributed by atoms with E-state index in [0.717, 1.165) is 5.69 Å². The van der Waals surface area contributed by atoms with Crippen molar-refractivity contribution < 1.29 is 9.53 Å². The van der Waals surface area contributed by atoms with Crippen LogP contribution >= 0.6 is 0 Å². The van der Waals surface area contributed by atoms with Crippen LogP contribution in [-0.2, 0) is 4.79 Å². The van der Waals surface area contributed by atoms with Gasteiger partial charge in [0.15, 0.2) is 0 Å². The molecule has 0 radical (unpaired) electrons. The minimum Gasteiger partial charge on any atom is -0.494 e. The summed E-state index contributed by atoms with van der Waals surface area (Å²) >= 11 is 0. The lowest BCUT2D eigenvalue weighted by Gasteiger charge is -2.21. The molecule has 5 nitrogen and oxygen atoms in total. The monoisotopic (exact) mass is 285 g/mol. The van der Waals surface area contributed by atoms with E-state index >= 15 is 0 Å². The van der Waals surface area contributed by atoms with Crippen molar-refractivity contribution >= 4 is 17.2 Å². The maximum Gasteiger partial charge on any atom is 0.203 e. The van der Waals surface area contributed by atoms with Crippen LogP contribution in [0.15, 0.2) is 53.9 Å². The number of anilines is 1. The van der Waals surface area contributed by atoms with Gasteiger partial charge in [-0.2, -0.15) is 5.10 Å². The minimum atomic E-state index is -0.0899. The molecule has 1 aliphatic rings. The first kappa shape index (κ1) is 14.8. The number of hydrazone groups is 1. The Hall–Kier alpha value is -2.56. The van der Waals surface area contributed by atoms with Crippen LogP contribution in [0.25, 0.3) is 0 Å². The number of nitrogens with zero attached hydrogens (tertiary/aromatic N) is 3. The van der Waals surface area contributed by atoms with Gasteiger partial charge < -0.3 is 9.64 Å². The van der Waals surface area contributed by atoms with Crippen LogP contribution in [0.4, 0.5) is 5.69 Å². The summed E-state index contributed by atoms with van der Waals surface area (Å²) in [6, 6.07) is 7.56. The molecule has 1 heterocycles. The van der Waals surface area contributed by atoms with Crippen molar-refractivity contribution in [2.45, 2.75) is 6.42 Å². The highest BCUT2D eigenvalue weighted by atomic mass is 16.5. The molecule has 1 aromatic carbocycles. The fourth-order valence-electron chi connectivity index (χ4n) is 1.88. The summed E-state index contributed by atoms with van der Waals surface area (Å²) in [4.78, 5) is 13.9. The largest absolute Gasteiger partial charge is 0.494 e. The number of hydrogen-bond acceptors (Lipinski definition) is 5. The smallest absolute Gasteiger partial charge is 0.203 e. The number of rotatable bonds is 5. The molecule has 0 aliphatic carbocycles. The Labute approximate surface area is 124 Å². The number of carbonyl (C=O) groups excluding carboxylic acids is 1. The Kier molecular flexibility index (Phi) is 4.77. The molecule has 2 rings (SSSR count). The van der Waals surface area contributed by atoms with Crippen LogP contribution in [0, 0.1) is 0 Å². The number of para-hydroxylation sites is 2. The Morgan fingerprint density at radius 3 is 2.86 bits per heavy atom. The lowest BCUT2D eigenvalue weighted by Crippen LogP contribution is -2.22. The topological polar surface area (TPSA) is 45.1 Å². The average molecular weight is 285 g/mol. The maximum atomic E-state index is 12.1. The summed E-state index contributed by atoms with van der Waals surface area (Å²) in [7, 11) is 5.35. The molecule has 0 saturated carbocycles. The minimum absolute atomic E-state index is 0.0899. The predicted molar refractivity (Wildman–Crippen MR) is 84.5 cm³/mol. The lowest BCUT2D eigenvalue weighted by atomic mass is 10.1. The molecule has 21 heavy (non-hydrogen) atoms. The summed E-state index contributed by atoms with van der Waals surface area (Å²) in [6.45, 7) is 0. The highest BCUT2D eigenvalue weighted by Crippen LogP contribution is 2.29. The molecule has 0 amide bonds. The van der Waals surface area contributed by atoms with E-state index in [1.807, 2.05) is 55.5 Å². The molecule has 0 aromatic heterocycles. The molecular weight excluding hydrogens is 266 g/mol. The van der Waals surface area contributed by atoms with Crippen molar-refractivity contribution in [1.29, 1.82) is 0 Å². The maximum absolute atomic E-state index is 12.1. The van der Waals surface area contributed by atoms with Gasteiger partial charge in [0, 0.05) is 39.0 Å². The van der Waals surface area contributed by atoms with Crippen molar-refractivity contribution in [3.63, 3.8) is 0 Å². The van der Waals surface area contributed by atoms with Crippen molar-refractivity contribution in [3.05, 3.63) is 48.8 Å². The Bertz CT molecular complexity index is 603. The quantitative estimate of drug-likeness (QED) is 0.779. The zero-order chi connectivity index (χ0) is 15.2. The number of methoxy groups -OCH3 is 1. The number of carbonyl (C=O) groups is 1. The average Bonchev–Trinajstić information content (AvgIpc) is 2.52. The van der Waals surface area contributed by atoms with E-state index in [4.69, 9.17) is 4.74 Å². The van der Waals surface area contributed by atoms with Crippen LogP contribution in [0.1, 0.15) is 6.42 Å². The van der Waals surface area contributed by atoms with E-state index in [2.05, 4.69) is 5.10 Å². The molecule has 0 bridgehead atoms. The standard InChI is InChI=1S/C16H19N3O2/c1-18(2)12-10-15(20)13-7-6-11-19(17-13)14-8-4-5-9-16(14)21-3/h4-6,8-12H,7H2,1-3H3. The molecule has 0 unspecified atom stereocenters. The predicted octanol–water partition coefficient (Wildman–Crippen LogP) is 2.42. The van der Waals surface area contributed by atoms with E-state index < -0.39 is 0 Å².